The minimum Gasteiger partial charge on any atom is -0.399 e. The molecule has 1 rings (SSSR count). The summed E-state index contributed by atoms with van der Waals surface area (Å²) in [5.41, 5.74) is 5.89. The molecule has 0 spiro atoms. The minimum atomic E-state index is -0.477. The van der Waals surface area contributed by atoms with E-state index in [0.29, 0.717) is 5.56 Å². The number of halogens is 1. The van der Waals surface area contributed by atoms with Crippen molar-refractivity contribution < 1.29 is 9.18 Å². The number of benzene rings is 1. The Hall–Kier alpha value is -1.38. The Morgan fingerprint density at radius 1 is 1.45 bits per heavy atom. The van der Waals surface area contributed by atoms with Crippen molar-refractivity contribution in [2.75, 3.05) is 5.73 Å². The van der Waals surface area contributed by atoms with Crippen molar-refractivity contribution in [2.45, 2.75) is 6.92 Å². The van der Waals surface area contributed by atoms with Crippen molar-refractivity contribution in [3.63, 3.8) is 0 Å². The molecule has 1 aromatic rings. The van der Waals surface area contributed by atoms with E-state index in [1.165, 1.54) is 25.1 Å². The lowest BCUT2D eigenvalue weighted by Gasteiger charge is -1.97. The van der Waals surface area contributed by atoms with Crippen LogP contribution in [0.2, 0.25) is 0 Å². The van der Waals surface area contributed by atoms with Crippen molar-refractivity contribution in [2.24, 2.45) is 0 Å². The van der Waals surface area contributed by atoms with Gasteiger partial charge in [0.2, 0.25) is 0 Å². The molecule has 0 radical (unpaired) electrons. The van der Waals surface area contributed by atoms with Crippen LogP contribution in [0.1, 0.15) is 17.3 Å². The van der Waals surface area contributed by atoms with E-state index >= 15 is 0 Å². The van der Waals surface area contributed by atoms with Crippen LogP contribution in [-0.2, 0) is 0 Å². The van der Waals surface area contributed by atoms with Crippen molar-refractivity contribution in [1.82, 2.24) is 0 Å². The molecule has 0 aliphatic heterocycles. The van der Waals surface area contributed by atoms with Gasteiger partial charge in [0, 0.05) is 11.3 Å². The van der Waals surface area contributed by atoms with Gasteiger partial charge in [-0.2, -0.15) is 0 Å². The molecule has 1 aromatic carbocycles. The van der Waals surface area contributed by atoms with Crippen LogP contribution in [-0.4, -0.2) is 5.78 Å². The van der Waals surface area contributed by atoms with Crippen LogP contribution in [0.3, 0.4) is 0 Å². The zero-order valence-electron chi connectivity index (χ0n) is 6.10. The number of hydrogen-bond donors (Lipinski definition) is 1. The maximum Gasteiger partial charge on any atom is 0.159 e. The third-order valence-corrected chi connectivity index (χ3v) is 1.33. The van der Waals surface area contributed by atoms with Gasteiger partial charge < -0.3 is 5.73 Å². The first-order valence-corrected chi connectivity index (χ1v) is 3.16. The van der Waals surface area contributed by atoms with Gasteiger partial charge in [-0.3, -0.25) is 4.79 Å². The van der Waals surface area contributed by atoms with E-state index in [2.05, 4.69) is 0 Å². The first-order chi connectivity index (χ1) is 5.09. The first-order valence-electron chi connectivity index (χ1n) is 3.16. The molecule has 0 fully saturated rings. The highest BCUT2D eigenvalue weighted by Gasteiger charge is 2.01. The normalized spacial score (nSPS) is 9.64. The molecular formula is C8H8FNO. The Labute approximate surface area is 63.8 Å². The van der Waals surface area contributed by atoms with E-state index in [4.69, 9.17) is 5.73 Å². The van der Waals surface area contributed by atoms with E-state index in [0.717, 1.165) is 0 Å². The lowest BCUT2D eigenvalue weighted by molar-refractivity contribution is 0.101. The summed E-state index contributed by atoms with van der Waals surface area (Å²) in [5.74, 6) is -0.661. The van der Waals surface area contributed by atoms with Gasteiger partial charge in [0.25, 0.3) is 0 Å². The summed E-state index contributed by atoms with van der Waals surface area (Å²) in [6.07, 6.45) is 0. The third kappa shape index (κ3) is 1.77. The molecule has 0 bridgehead atoms. The smallest absolute Gasteiger partial charge is 0.159 e. The van der Waals surface area contributed by atoms with Crippen molar-refractivity contribution in [1.29, 1.82) is 0 Å². The first kappa shape index (κ1) is 7.72. The second-order valence-electron chi connectivity index (χ2n) is 2.33. The summed E-state index contributed by atoms with van der Waals surface area (Å²) < 4.78 is 12.6. The van der Waals surface area contributed by atoms with Crippen LogP contribution in [0.5, 0.6) is 0 Å². The van der Waals surface area contributed by atoms with E-state index < -0.39 is 5.82 Å². The molecule has 2 nitrogen and oxygen atoms in total. The summed E-state index contributed by atoms with van der Waals surface area (Å²) in [6, 6.07) is 3.79. The largest absolute Gasteiger partial charge is 0.399 e. The molecule has 0 heterocycles. The van der Waals surface area contributed by atoms with Crippen LogP contribution in [0.25, 0.3) is 0 Å². The van der Waals surface area contributed by atoms with Gasteiger partial charge in [-0.25, -0.2) is 4.39 Å². The number of carbonyl (C=O) groups excluding carboxylic acids is 1. The molecule has 3 heteroatoms. The van der Waals surface area contributed by atoms with Crippen molar-refractivity contribution >= 4 is 11.5 Å². The summed E-state index contributed by atoms with van der Waals surface area (Å²) >= 11 is 0. The Kier molecular flexibility index (Phi) is 1.89. The Morgan fingerprint density at radius 3 is 2.55 bits per heavy atom. The lowest BCUT2D eigenvalue weighted by atomic mass is 10.1. The maximum atomic E-state index is 12.6. The minimum absolute atomic E-state index is 0.184. The SMILES string of the molecule is CC(=O)c1cc(N)cc(F)c1. The number of carbonyl (C=O) groups is 1. The number of rotatable bonds is 1. The molecule has 11 heavy (non-hydrogen) atoms. The van der Waals surface area contributed by atoms with E-state index in [9.17, 15) is 9.18 Å². The fraction of sp³-hybridized carbons (Fsp3) is 0.125. The van der Waals surface area contributed by atoms with Crippen LogP contribution in [0.15, 0.2) is 18.2 Å². The third-order valence-electron chi connectivity index (χ3n) is 1.33. The molecule has 0 aliphatic carbocycles. The van der Waals surface area contributed by atoms with Crippen LogP contribution >= 0.6 is 0 Å². The fourth-order valence-electron chi connectivity index (χ4n) is 0.816. The standard InChI is InChI=1S/C8H8FNO/c1-5(11)6-2-7(9)4-8(10)3-6/h2-4H,10H2,1H3. The average molecular weight is 153 g/mol. The number of nitrogens with two attached hydrogens (primary N) is 1. The average Bonchev–Trinajstić information content (AvgIpc) is 1.85. The lowest BCUT2D eigenvalue weighted by Crippen LogP contribution is -1.95. The molecule has 0 saturated carbocycles. The molecule has 2 N–H and O–H groups in total. The molecule has 58 valence electrons. The molecule has 0 aliphatic rings. The Morgan fingerprint density at radius 2 is 2.09 bits per heavy atom. The van der Waals surface area contributed by atoms with Crippen molar-refractivity contribution in [3.05, 3.63) is 29.6 Å². The summed E-state index contributed by atoms with van der Waals surface area (Å²) in [7, 11) is 0. The second kappa shape index (κ2) is 2.70. The summed E-state index contributed by atoms with van der Waals surface area (Å²) in [4.78, 5) is 10.7. The zero-order valence-corrected chi connectivity index (χ0v) is 6.10. The zero-order chi connectivity index (χ0) is 8.43. The number of nitrogen functional groups attached to an aromatic ring is 1. The number of hydrogen-bond acceptors (Lipinski definition) is 2. The van der Waals surface area contributed by atoms with Crippen molar-refractivity contribution in [3.8, 4) is 0 Å². The Bertz CT molecular complexity index is 276. The number of anilines is 1. The predicted molar refractivity (Wildman–Crippen MR) is 40.8 cm³/mol. The van der Waals surface area contributed by atoms with Gasteiger partial charge in [0.15, 0.2) is 5.78 Å². The highest BCUT2D eigenvalue weighted by molar-refractivity contribution is 5.94. The molecule has 0 aromatic heterocycles. The van der Waals surface area contributed by atoms with Gasteiger partial charge in [-0.05, 0) is 25.1 Å². The highest BCUT2D eigenvalue weighted by Crippen LogP contribution is 2.10. The molecule has 0 amide bonds. The molecule has 0 saturated heterocycles. The molecular weight excluding hydrogens is 145 g/mol. The van der Waals surface area contributed by atoms with E-state index in [1.807, 2.05) is 0 Å². The number of ketones is 1. The van der Waals surface area contributed by atoms with Crippen LogP contribution in [0, 0.1) is 5.82 Å². The van der Waals surface area contributed by atoms with Crippen LogP contribution in [0.4, 0.5) is 10.1 Å². The van der Waals surface area contributed by atoms with E-state index in [1.54, 1.807) is 0 Å². The van der Waals surface area contributed by atoms with Gasteiger partial charge in [-0.1, -0.05) is 0 Å². The highest BCUT2D eigenvalue weighted by atomic mass is 19.1. The topological polar surface area (TPSA) is 43.1 Å². The Balaban J connectivity index is 3.19. The maximum absolute atomic E-state index is 12.6. The second-order valence-corrected chi connectivity index (χ2v) is 2.33. The molecule has 0 unspecified atom stereocenters. The van der Waals surface area contributed by atoms with Gasteiger partial charge in [-0.15, -0.1) is 0 Å². The van der Waals surface area contributed by atoms with E-state index in [-0.39, 0.29) is 11.5 Å². The summed E-state index contributed by atoms with van der Waals surface area (Å²) in [6.45, 7) is 1.37. The predicted octanol–water partition coefficient (Wildman–Crippen LogP) is 1.61. The van der Waals surface area contributed by atoms with Crippen LogP contribution < -0.4 is 5.73 Å². The summed E-state index contributed by atoms with van der Waals surface area (Å²) in [5, 5.41) is 0. The van der Waals surface area contributed by atoms with Gasteiger partial charge in [0.1, 0.15) is 5.82 Å². The van der Waals surface area contributed by atoms with Gasteiger partial charge >= 0.3 is 0 Å². The quantitative estimate of drug-likeness (QED) is 0.492. The number of Topliss-reactive ketones (excluding diaryl/α,β-unsaturated/α-hetero) is 1. The van der Waals surface area contributed by atoms with Gasteiger partial charge in [0.05, 0.1) is 0 Å². The fourth-order valence-corrected chi connectivity index (χ4v) is 0.816. The monoisotopic (exact) mass is 153 g/mol. The molecule has 0 atom stereocenters.